The van der Waals surface area contributed by atoms with Crippen LogP contribution in [-0.4, -0.2) is 19.6 Å². The van der Waals surface area contributed by atoms with Gasteiger partial charge in [0.2, 0.25) is 5.91 Å². The maximum Gasteiger partial charge on any atom is 0.227 e. The number of hydrogen-bond acceptors (Lipinski definition) is 3. The molecule has 0 unspecified atom stereocenters. The van der Waals surface area contributed by atoms with Crippen molar-refractivity contribution in [3.8, 4) is 5.75 Å². The van der Waals surface area contributed by atoms with Crippen LogP contribution in [0.5, 0.6) is 5.75 Å². The van der Waals surface area contributed by atoms with Crippen LogP contribution in [0.4, 0.5) is 5.69 Å². The van der Waals surface area contributed by atoms with E-state index >= 15 is 0 Å². The molecule has 2 atom stereocenters. The predicted octanol–water partition coefficient (Wildman–Crippen LogP) is 2.61. The summed E-state index contributed by atoms with van der Waals surface area (Å²) in [6.07, 6.45) is 3.09. The SMILES string of the molecule is COc1ccc(I)c(NC(=O)[C@@H]2CCC[C@@H]2CN)c1. The molecule has 0 heterocycles. The van der Waals surface area contributed by atoms with Gasteiger partial charge in [-0.3, -0.25) is 4.79 Å². The van der Waals surface area contributed by atoms with Crippen LogP contribution < -0.4 is 15.8 Å². The molecular formula is C14H19IN2O2. The molecular weight excluding hydrogens is 355 g/mol. The van der Waals surface area contributed by atoms with Gasteiger partial charge in [-0.25, -0.2) is 0 Å². The number of methoxy groups -OCH3 is 1. The molecule has 1 amide bonds. The Kier molecular flexibility index (Phi) is 5.04. The third-order valence-corrected chi connectivity index (χ3v) is 4.67. The molecule has 0 spiro atoms. The Morgan fingerprint density at radius 3 is 3.00 bits per heavy atom. The molecule has 4 nitrogen and oxygen atoms in total. The maximum atomic E-state index is 12.3. The third-order valence-electron chi connectivity index (χ3n) is 3.73. The molecule has 2 rings (SSSR count). The second-order valence-electron chi connectivity index (χ2n) is 4.87. The van der Waals surface area contributed by atoms with E-state index in [0.717, 1.165) is 34.3 Å². The van der Waals surface area contributed by atoms with Crippen LogP contribution in [0.1, 0.15) is 19.3 Å². The highest BCUT2D eigenvalue weighted by atomic mass is 127. The molecule has 1 aromatic carbocycles. The van der Waals surface area contributed by atoms with Crippen molar-refractivity contribution in [1.29, 1.82) is 0 Å². The van der Waals surface area contributed by atoms with Crippen molar-refractivity contribution >= 4 is 34.2 Å². The maximum absolute atomic E-state index is 12.3. The van der Waals surface area contributed by atoms with Crippen LogP contribution in [-0.2, 0) is 4.79 Å². The molecule has 0 aromatic heterocycles. The zero-order chi connectivity index (χ0) is 13.8. The van der Waals surface area contributed by atoms with E-state index in [2.05, 4.69) is 27.9 Å². The lowest BCUT2D eigenvalue weighted by Gasteiger charge is -2.18. The number of nitrogens with two attached hydrogens (primary N) is 1. The Hall–Kier alpha value is -0.820. The number of amides is 1. The minimum Gasteiger partial charge on any atom is -0.497 e. The highest BCUT2D eigenvalue weighted by Gasteiger charge is 2.32. The second-order valence-corrected chi connectivity index (χ2v) is 6.03. The Morgan fingerprint density at radius 1 is 1.53 bits per heavy atom. The molecule has 0 saturated heterocycles. The minimum atomic E-state index is 0.0481. The zero-order valence-corrected chi connectivity index (χ0v) is 13.1. The fourth-order valence-electron chi connectivity index (χ4n) is 2.62. The van der Waals surface area contributed by atoms with Crippen LogP contribution in [0.15, 0.2) is 18.2 Å². The predicted molar refractivity (Wildman–Crippen MR) is 84.2 cm³/mol. The van der Waals surface area contributed by atoms with Crippen LogP contribution >= 0.6 is 22.6 Å². The largest absolute Gasteiger partial charge is 0.497 e. The Morgan fingerprint density at radius 2 is 2.32 bits per heavy atom. The number of anilines is 1. The van der Waals surface area contributed by atoms with E-state index in [1.165, 1.54) is 0 Å². The van der Waals surface area contributed by atoms with Crippen LogP contribution in [0.25, 0.3) is 0 Å². The van der Waals surface area contributed by atoms with Gasteiger partial charge >= 0.3 is 0 Å². The summed E-state index contributed by atoms with van der Waals surface area (Å²) < 4.78 is 6.19. The molecule has 0 bridgehead atoms. The van der Waals surface area contributed by atoms with Gasteiger partial charge in [0, 0.05) is 15.6 Å². The van der Waals surface area contributed by atoms with Gasteiger partial charge in [-0.1, -0.05) is 6.42 Å². The fourth-order valence-corrected chi connectivity index (χ4v) is 3.09. The number of carbonyl (C=O) groups excluding carboxylic acids is 1. The van der Waals surface area contributed by atoms with E-state index < -0.39 is 0 Å². The van der Waals surface area contributed by atoms with E-state index in [0.29, 0.717) is 12.5 Å². The Labute approximate surface area is 127 Å². The number of halogens is 1. The normalized spacial score (nSPS) is 22.3. The molecule has 3 N–H and O–H groups in total. The summed E-state index contributed by atoms with van der Waals surface area (Å²) in [4.78, 5) is 12.3. The van der Waals surface area contributed by atoms with Crippen LogP contribution in [0.3, 0.4) is 0 Å². The number of hydrogen-bond donors (Lipinski definition) is 2. The van der Waals surface area contributed by atoms with Gasteiger partial charge in [0.15, 0.2) is 0 Å². The first-order chi connectivity index (χ1) is 9.15. The molecule has 0 radical (unpaired) electrons. The number of carbonyl (C=O) groups is 1. The molecule has 1 aromatic rings. The number of rotatable bonds is 4. The molecule has 0 aliphatic heterocycles. The van der Waals surface area contributed by atoms with Gasteiger partial charge in [-0.05, 0) is 60.0 Å². The molecule has 19 heavy (non-hydrogen) atoms. The summed E-state index contributed by atoms with van der Waals surface area (Å²) in [5.41, 5.74) is 6.54. The quantitative estimate of drug-likeness (QED) is 0.797. The number of benzene rings is 1. The molecule has 1 aliphatic carbocycles. The molecule has 1 fully saturated rings. The first-order valence-corrected chi connectivity index (χ1v) is 7.58. The van der Waals surface area contributed by atoms with E-state index in [1.54, 1.807) is 7.11 Å². The van der Waals surface area contributed by atoms with Gasteiger partial charge in [0.25, 0.3) is 0 Å². The summed E-state index contributed by atoms with van der Waals surface area (Å²) in [5.74, 6) is 1.20. The summed E-state index contributed by atoms with van der Waals surface area (Å²) in [7, 11) is 1.62. The van der Waals surface area contributed by atoms with Gasteiger partial charge in [-0.2, -0.15) is 0 Å². The van der Waals surface area contributed by atoms with Gasteiger partial charge < -0.3 is 15.8 Å². The minimum absolute atomic E-state index is 0.0481. The summed E-state index contributed by atoms with van der Waals surface area (Å²) in [6, 6.07) is 5.67. The van der Waals surface area contributed by atoms with Crippen molar-refractivity contribution in [3.05, 3.63) is 21.8 Å². The van der Waals surface area contributed by atoms with Crippen molar-refractivity contribution in [2.24, 2.45) is 17.6 Å². The topological polar surface area (TPSA) is 64.3 Å². The van der Waals surface area contributed by atoms with E-state index in [9.17, 15) is 4.79 Å². The third kappa shape index (κ3) is 3.39. The van der Waals surface area contributed by atoms with E-state index in [-0.39, 0.29) is 11.8 Å². The average Bonchev–Trinajstić information content (AvgIpc) is 2.89. The van der Waals surface area contributed by atoms with Gasteiger partial charge in [-0.15, -0.1) is 0 Å². The zero-order valence-electron chi connectivity index (χ0n) is 11.0. The van der Waals surface area contributed by atoms with Crippen molar-refractivity contribution in [2.75, 3.05) is 19.0 Å². The van der Waals surface area contributed by atoms with E-state index in [4.69, 9.17) is 10.5 Å². The lowest BCUT2D eigenvalue weighted by atomic mass is 9.95. The standard InChI is InChI=1S/C14H19IN2O2/c1-19-10-5-6-12(15)13(7-10)17-14(18)11-4-2-3-9(11)8-16/h5-7,9,11H,2-4,8,16H2,1H3,(H,17,18)/t9-,11-/m1/s1. The first kappa shape index (κ1) is 14.6. The van der Waals surface area contributed by atoms with Crippen molar-refractivity contribution in [2.45, 2.75) is 19.3 Å². The lowest BCUT2D eigenvalue weighted by Crippen LogP contribution is -2.30. The second kappa shape index (κ2) is 6.56. The summed E-state index contributed by atoms with van der Waals surface area (Å²) >= 11 is 2.21. The molecule has 5 heteroatoms. The van der Waals surface area contributed by atoms with Gasteiger partial charge in [0.1, 0.15) is 5.75 Å². The highest BCUT2D eigenvalue weighted by Crippen LogP contribution is 2.32. The van der Waals surface area contributed by atoms with E-state index in [1.807, 2.05) is 18.2 Å². The van der Waals surface area contributed by atoms with Crippen molar-refractivity contribution in [3.63, 3.8) is 0 Å². The highest BCUT2D eigenvalue weighted by molar-refractivity contribution is 14.1. The summed E-state index contributed by atoms with van der Waals surface area (Å²) in [5, 5.41) is 3.01. The number of nitrogens with one attached hydrogen (secondary N) is 1. The Balaban J connectivity index is 2.10. The van der Waals surface area contributed by atoms with Gasteiger partial charge in [0.05, 0.1) is 12.8 Å². The summed E-state index contributed by atoms with van der Waals surface area (Å²) in [6.45, 7) is 0.591. The molecule has 104 valence electrons. The molecule has 1 aliphatic rings. The van der Waals surface area contributed by atoms with Crippen molar-refractivity contribution < 1.29 is 9.53 Å². The van der Waals surface area contributed by atoms with Crippen LogP contribution in [0.2, 0.25) is 0 Å². The fraction of sp³-hybridized carbons (Fsp3) is 0.500. The average molecular weight is 374 g/mol. The van der Waals surface area contributed by atoms with Crippen LogP contribution in [0, 0.1) is 15.4 Å². The molecule has 1 saturated carbocycles. The smallest absolute Gasteiger partial charge is 0.227 e. The van der Waals surface area contributed by atoms with Crippen molar-refractivity contribution in [1.82, 2.24) is 0 Å². The lowest BCUT2D eigenvalue weighted by molar-refractivity contribution is -0.120. The Bertz CT molecular complexity index is 465. The number of ether oxygens (including phenoxy) is 1. The monoisotopic (exact) mass is 374 g/mol. The first-order valence-electron chi connectivity index (χ1n) is 6.50.